The van der Waals surface area contributed by atoms with Gasteiger partial charge in [-0.15, -0.1) is 11.8 Å². The highest BCUT2D eigenvalue weighted by Crippen LogP contribution is 2.24. The van der Waals surface area contributed by atoms with Gasteiger partial charge < -0.3 is 0 Å². The minimum atomic E-state index is 0.616. The predicted molar refractivity (Wildman–Crippen MR) is 71.9 cm³/mol. The standard InChI is InChI=1S/C15H16S/c1-13(12-14-8-4-2-5-9-14)16-15-10-6-3-7-11-15/h2-11,13H,12H2,1H3/t13-/m0/s1. The van der Waals surface area contributed by atoms with E-state index in [-0.39, 0.29) is 0 Å². The van der Waals surface area contributed by atoms with Crippen LogP contribution in [-0.4, -0.2) is 5.25 Å². The van der Waals surface area contributed by atoms with Gasteiger partial charge in [0.1, 0.15) is 0 Å². The topological polar surface area (TPSA) is 0 Å². The van der Waals surface area contributed by atoms with Crippen LogP contribution in [0.5, 0.6) is 0 Å². The van der Waals surface area contributed by atoms with E-state index in [1.54, 1.807) is 0 Å². The molecule has 0 aliphatic heterocycles. The highest BCUT2D eigenvalue weighted by molar-refractivity contribution is 7.99. The molecule has 0 bridgehead atoms. The van der Waals surface area contributed by atoms with Crippen molar-refractivity contribution in [3.63, 3.8) is 0 Å². The van der Waals surface area contributed by atoms with Crippen LogP contribution in [0.2, 0.25) is 0 Å². The van der Waals surface area contributed by atoms with Crippen molar-refractivity contribution in [2.45, 2.75) is 23.5 Å². The summed E-state index contributed by atoms with van der Waals surface area (Å²) >= 11 is 1.94. The van der Waals surface area contributed by atoms with Crippen LogP contribution in [0.3, 0.4) is 0 Å². The lowest BCUT2D eigenvalue weighted by Gasteiger charge is -2.10. The average molecular weight is 228 g/mol. The first-order chi connectivity index (χ1) is 7.84. The lowest BCUT2D eigenvalue weighted by atomic mass is 10.1. The summed E-state index contributed by atoms with van der Waals surface area (Å²) in [4.78, 5) is 1.35. The van der Waals surface area contributed by atoms with Crippen LogP contribution in [0.1, 0.15) is 12.5 Å². The molecule has 82 valence electrons. The summed E-state index contributed by atoms with van der Waals surface area (Å²) < 4.78 is 0. The molecule has 0 saturated carbocycles. The summed E-state index contributed by atoms with van der Waals surface area (Å²) in [6.45, 7) is 2.28. The van der Waals surface area contributed by atoms with Gasteiger partial charge in [-0.25, -0.2) is 0 Å². The van der Waals surface area contributed by atoms with E-state index >= 15 is 0 Å². The first-order valence-corrected chi connectivity index (χ1v) is 6.48. The van der Waals surface area contributed by atoms with Gasteiger partial charge >= 0.3 is 0 Å². The van der Waals surface area contributed by atoms with Gasteiger partial charge in [0.05, 0.1) is 0 Å². The SMILES string of the molecule is C[C@@H](Cc1ccccc1)Sc1ccccc1. The molecule has 0 aromatic heterocycles. The predicted octanol–water partition coefficient (Wildman–Crippen LogP) is 4.41. The Balaban J connectivity index is 1.92. The van der Waals surface area contributed by atoms with Crippen LogP contribution in [0.4, 0.5) is 0 Å². The van der Waals surface area contributed by atoms with Gasteiger partial charge in [0, 0.05) is 10.1 Å². The Kier molecular flexibility index (Phi) is 4.06. The van der Waals surface area contributed by atoms with Crippen molar-refractivity contribution < 1.29 is 0 Å². The molecule has 0 heterocycles. The molecule has 2 aromatic carbocycles. The smallest absolute Gasteiger partial charge is 0.0106 e. The third-order valence-corrected chi connectivity index (χ3v) is 3.56. The minimum absolute atomic E-state index is 0.616. The van der Waals surface area contributed by atoms with E-state index in [1.165, 1.54) is 10.5 Å². The summed E-state index contributed by atoms with van der Waals surface area (Å²) in [6.07, 6.45) is 1.13. The van der Waals surface area contributed by atoms with Crippen molar-refractivity contribution >= 4 is 11.8 Å². The Morgan fingerprint density at radius 3 is 2.06 bits per heavy atom. The fourth-order valence-electron chi connectivity index (χ4n) is 1.72. The molecular weight excluding hydrogens is 212 g/mol. The fraction of sp³-hybridized carbons (Fsp3) is 0.200. The molecular formula is C15H16S. The van der Waals surface area contributed by atoms with Gasteiger partial charge in [-0.1, -0.05) is 55.5 Å². The zero-order valence-corrected chi connectivity index (χ0v) is 10.3. The fourth-order valence-corrected chi connectivity index (χ4v) is 2.77. The molecule has 0 radical (unpaired) electrons. The molecule has 0 spiro atoms. The van der Waals surface area contributed by atoms with Gasteiger partial charge in [0.2, 0.25) is 0 Å². The minimum Gasteiger partial charge on any atom is -0.123 e. The van der Waals surface area contributed by atoms with E-state index < -0.39 is 0 Å². The molecule has 2 aromatic rings. The monoisotopic (exact) mass is 228 g/mol. The molecule has 1 atom stereocenters. The van der Waals surface area contributed by atoms with Crippen molar-refractivity contribution in [3.05, 3.63) is 66.2 Å². The molecule has 0 fully saturated rings. The number of thioether (sulfide) groups is 1. The Hall–Kier alpha value is -1.21. The molecule has 0 saturated heterocycles. The normalized spacial score (nSPS) is 12.3. The summed E-state index contributed by atoms with van der Waals surface area (Å²) in [5.41, 5.74) is 1.42. The van der Waals surface area contributed by atoms with E-state index in [2.05, 4.69) is 67.6 Å². The first kappa shape index (κ1) is 11.3. The second-order valence-corrected chi connectivity index (χ2v) is 5.44. The largest absolute Gasteiger partial charge is 0.123 e. The van der Waals surface area contributed by atoms with E-state index in [4.69, 9.17) is 0 Å². The van der Waals surface area contributed by atoms with E-state index in [0.29, 0.717) is 5.25 Å². The van der Waals surface area contributed by atoms with Crippen LogP contribution >= 0.6 is 11.8 Å². The lowest BCUT2D eigenvalue weighted by molar-refractivity contribution is 0.942. The molecule has 16 heavy (non-hydrogen) atoms. The maximum atomic E-state index is 2.28. The average Bonchev–Trinajstić information content (AvgIpc) is 2.31. The van der Waals surface area contributed by atoms with Gasteiger partial charge in [-0.3, -0.25) is 0 Å². The molecule has 0 N–H and O–H groups in total. The van der Waals surface area contributed by atoms with Crippen molar-refractivity contribution in [1.29, 1.82) is 0 Å². The Morgan fingerprint density at radius 2 is 1.44 bits per heavy atom. The maximum absolute atomic E-state index is 2.28. The van der Waals surface area contributed by atoms with E-state index in [9.17, 15) is 0 Å². The highest BCUT2D eigenvalue weighted by Gasteiger charge is 2.04. The number of benzene rings is 2. The summed E-state index contributed by atoms with van der Waals surface area (Å²) in [7, 11) is 0. The van der Waals surface area contributed by atoms with Crippen LogP contribution < -0.4 is 0 Å². The second-order valence-electron chi connectivity index (χ2n) is 3.93. The number of rotatable bonds is 4. The van der Waals surface area contributed by atoms with Crippen LogP contribution in [0.25, 0.3) is 0 Å². The molecule has 0 unspecified atom stereocenters. The molecule has 0 aliphatic rings. The van der Waals surface area contributed by atoms with Crippen molar-refractivity contribution in [2.75, 3.05) is 0 Å². The highest BCUT2D eigenvalue weighted by atomic mass is 32.2. The quantitative estimate of drug-likeness (QED) is 0.698. The molecule has 2 rings (SSSR count). The third kappa shape index (κ3) is 3.42. The van der Waals surface area contributed by atoms with Gasteiger partial charge in [0.25, 0.3) is 0 Å². The van der Waals surface area contributed by atoms with Crippen molar-refractivity contribution in [3.8, 4) is 0 Å². The van der Waals surface area contributed by atoms with Gasteiger partial charge in [-0.05, 0) is 24.1 Å². The second kappa shape index (κ2) is 5.76. The first-order valence-electron chi connectivity index (χ1n) is 5.60. The van der Waals surface area contributed by atoms with Crippen molar-refractivity contribution in [2.24, 2.45) is 0 Å². The Morgan fingerprint density at radius 1 is 0.875 bits per heavy atom. The summed E-state index contributed by atoms with van der Waals surface area (Å²) in [5.74, 6) is 0. The third-order valence-electron chi connectivity index (χ3n) is 2.45. The summed E-state index contributed by atoms with van der Waals surface area (Å²) in [6, 6.07) is 21.3. The lowest BCUT2D eigenvalue weighted by Crippen LogP contribution is -2.00. The van der Waals surface area contributed by atoms with Crippen LogP contribution in [-0.2, 0) is 6.42 Å². The molecule has 1 heteroatoms. The van der Waals surface area contributed by atoms with E-state index in [0.717, 1.165) is 6.42 Å². The number of hydrogen-bond acceptors (Lipinski definition) is 1. The van der Waals surface area contributed by atoms with Crippen LogP contribution in [0.15, 0.2) is 65.6 Å². The molecule has 0 nitrogen and oxygen atoms in total. The zero-order valence-electron chi connectivity index (χ0n) is 9.47. The Labute approximate surface area is 102 Å². The van der Waals surface area contributed by atoms with Crippen molar-refractivity contribution in [1.82, 2.24) is 0 Å². The Bertz CT molecular complexity index is 366. The van der Waals surface area contributed by atoms with Gasteiger partial charge in [-0.2, -0.15) is 0 Å². The van der Waals surface area contributed by atoms with Crippen LogP contribution in [0, 0.1) is 0 Å². The van der Waals surface area contributed by atoms with E-state index in [1.807, 2.05) is 11.8 Å². The molecule has 0 aliphatic carbocycles. The number of hydrogen-bond donors (Lipinski definition) is 0. The zero-order chi connectivity index (χ0) is 11.2. The maximum Gasteiger partial charge on any atom is 0.0106 e. The summed E-state index contributed by atoms with van der Waals surface area (Å²) in [5, 5.41) is 0.616. The van der Waals surface area contributed by atoms with Gasteiger partial charge in [0.15, 0.2) is 0 Å². The molecule has 0 amide bonds.